The fourth-order valence-electron chi connectivity index (χ4n) is 1.90. The molecule has 0 aliphatic carbocycles. The van der Waals surface area contributed by atoms with E-state index in [0.29, 0.717) is 6.04 Å². The van der Waals surface area contributed by atoms with Gasteiger partial charge in [-0.15, -0.1) is 0 Å². The van der Waals surface area contributed by atoms with E-state index in [1.807, 2.05) is 11.9 Å². The zero-order valence-corrected chi connectivity index (χ0v) is 8.92. The highest BCUT2D eigenvalue weighted by atomic mass is 16.2. The lowest BCUT2D eigenvalue weighted by Crippen LogP contribution is -2.37. The van der Waals surface area contributed by atoms with E-state index in [1.54, 1.807) is 6.92 Å². The second-order valence-corrected chi connectivity index (χ2v) is 3.87. The van der Waals surface area contributed by atoms with Crippen molar-refractivity contribution in [2.45, 2.75) is 32.7 Å². The minimum absolute atomic E-state index is 0.184. The maximum Gasteiger partial charge on any atom is 0.219 e. The topological polar surface area (TPSA) is 23.6 Å². The molecule has 3 nitrogen and oxygen atoms in total. The molecule has 1 fully saturated rings. The summed E-state index contributed by atoms with van der Waals surface area (Å²) in [5.74, 6) is 0.184. The van der Waals surface area contributed by atoms with Crippen LogP contribution in [-0.2, 0) is 4.79 Å². The minimum Gasteiger partial charge on any atom is -0.342 e. The van der Waals surface area contributed by atoms with Gasteiger partial charge in [-0.2, -0.15) is 0 Å². The Bertz CT molecular complexity index is 182. The molecule has 1 heterocycles. The summed E-state index contributed by atoms with van der Waals surface area (Å²) in [6.45, 7) is 7.22. The van der Waals surface area contributed by atoms with E-state index in [2.05, 4.69) is 11.8 Å². The molecule has 0 spiro atoms. The van der Waals surface area contributed by atoms with E-state index in [0.717, 1.165) is 19.5 Å². The molecule has 0 aromatic rings. The predicted octanol–water partition coefficient (Wildman–Crippen LogP) is 0.949. The van der Waals surface area contributed by atoms with Crippen molar-refractivity contribution in [1.29, 1.82) is 0 Å². The molecule has 0 saturated carbocycles. The fourth-order valence-corrected chi connectivity index (χ4v) is 1.90. The van der Waals surface area contributed by atoms with Crippen LogP contribution in [0.15, 0.2) is 0 Å². The van der Waals surface area contributed by atoms with Crippen LogP contribution in [0.1, 0.15) is 26.7 Å². The molecule has 0 N–H and O–H groups in total. The molecule has 0 aromatic carbocycles. The van der Waals surface area contributed by atoms with Gasteiger partial charge in [-0.1, -0.05) is 6.92 Å². The van der Waals surface area contributed by atoms with Gasteiger partial charge in [0.25, 0.3) is 0 Å². The van der Waals surface area contributed by atoms with E-state index in [4.69, 9.17) is 0 Å². The van der Waals surface area contributed by atoms with Gasteiger partial charge in [0.15, 0.2) is 0 Å². The average molecular weight is 184 g/mol. The maximum absolute atomic E-state index is 11.1. The molecule has 3 heteroatoms. The van der Waals surface area contributed by atoms with Gasteiger partial charge in [0.1, 0.15) is 0 Å². The van der Waals surface area contributed by atoms with Crippen LogP contribution >= 0.6 is 0 Å². The van der Waals surface area contributed by atoms with E-state index >= 15 is 0 Å². The zero-order valence-electron chi connectivity index (χ0n) is 8.92. The third kappa shape index (κ3) is 2.69. The lowest BCUT2D eigenvalue weighted by atomic mass is 10.2. The van der Waals surface area contributed by atoms with Crippen LogP contribution in [0.25, 0.3) is 0 Å². The molecule has 1 atom stereocenters. The van der Waals surface area contributed by atoms with Crippen LogP contribution < -0.4 is 0 Å². The molecule has 1 amide bonds. The Hall–Kier alpha value is -0.570. The Labute approximate surface area is 80.7 Å². The van der Waals surface area contributed by atoms with Crippen molar-refractivity contribution < 1.29 is 4.79 Å². The van der Waals surface area contributed by atoms with Gasteiger partial charge in [-0.05, 0) is 19.4 Å². The molecular weight excluding hydrogens is 164 g/mol. The Morgan fingerprint density at radius 2 is 2.31 bits per heavy atom. The van der Waals surface area contributed by atoms with E-state index in [-0.39, 0.29) is 5.91 Å². The second-order valence-electron chi connectivity index (χ2n) is 3.87. The standard InChI is InChI=1S/C10H20N2O/c1-4-6-12-7-5-10(8-12)11(3)9(2)13/h10H,4-8H2,1-3H3. The average Bonchev–Trinajstić information content (AvgIpc) is 2.52. The lowest BCUT2D eigenvalue weighted by Gasteiger charge is -2.23. The number of nitrogens with zero attached hydrogens (tertiary/aromatic N) is 2. The molecule has 1 unspecified atom stereocenters. The number of likely N-dealkylation sites (tertiary alicyclic amines) is 1. The van der Waals surface area contributed by atoms with Crippen LogP contribution in [0, 0.1) is 0 Å². The molecule has 13 heavy (non-hydrogen) atoms. The minimum atomic E-state index is 0.184. The van der Waals surface area contributed by atoms with Gasteiger partial charge in [0.2, 0.25) is 5.91 Å². The SMILES string of the molecule is CCCN1CCC(N(C)C(C)=O)C1. The monoisotopic (exact) mass is 184 g/mol. The predicted molar refractivity (Wildman–Crippen MR) is 53.6 cm³/mol. The van der Waals surface area contributed by atoms with Crippen molar-refractivity contribution in [3.63, 3.8) is 0 Å². The quantitative estimate of drug-likeness (QED) is 0.652. The summed E-state index contributed by atoms with van der Waals surface area (Å²) in [6, 6.07) is 0.448. The van der Waals surface area contributed by atoms with Crippen molar-refractivity contribution in [3.8, 4) is 0 Å². The highest BCUT2D eigenvalue weighted by molar-refractivity contribution is 5.73. The molecule has 1 saturated heterocycles. The molecule has 0 aromatic heterocycles. The van der Waals surface area contributed by atoms with E-state index in [9.17, 15) is 4.79 Å². The molecule has 76 valence electrons. The summed E-state index contributed by atoms with van der Waals surface area (Å²) >= 11 is 0. The zero-order chi connectivity index (χ0) is 9.84. The Kier molecular flexibility index (Phi) is 3.72. The smallest absolute Gasteiger partial charge is 0.219 e. The van der Waals surface area contributed by atoms with Gasteiger partial charge in [-0.25, -0.2) is 0 Å². The first-order chi connectivity index (χ1) is 6.15. The molecular formula is C10H20N2O. The number of carbonyl (C=O) groups excluding carboxylic acids is 1. The van der Waals surface area contributed by atoms with Crippen LogP contribution in [-0.4, -0.2) is 48.4 Å². The maximum atomic E-state index is 11.1. The number of likely N-dealkylation sites (N-methyl/N-ethyl adjacent to an activating group) is 1. The molecule has 1 rings (SSSR count). The van der Waals surface area contributed by atoms with Crippen LogP contribution in [0.5, 0.6) is 0 Å². The molecule has 1 aliphatic heterocycles. The summed E-state index contributed by atoms with van der Waals surface area (Å²) < 4.78 is 0. The molecule has 0 radical (unpaired) electrons. The Morgan fingerprint density at radius 1 is 1.62 bits per heavy atom. The Balaban J connectivity index is 2.36. The first-order valence-corrected chi connectivity index (χ1v) is 5.11. The van der Waals surface area contributed by atoms with Crippen molar-refractivity contribution in [2.24, 2.45) is 0 Å². The van der Waals surface area contributed by atoms with Gasteiger partial charge in [0, 0.05) is 33.1 Å². The van der Waals surface area contributed by atoms with Crippen molar-refractivity contribution in [3.05, 3.63) is 0 Å². The number of carbonyl (C=O) groups is 1. The number of rotatable bonds is 3. The fraction of sp³-hybridized carbons (Fsp3) is 0.900. The normalized spacial score (nSPS) is 23.5. The summed E-state index contributed by atoms with van der Waals surface area (Å²) in [4.78, 5) is 15.4. The van der Waals surface area contributed by atoms with Gasteiger partial charge >= 0.3 is 0 Å². The van der Waals surface area contributed by atoms with Crippen molar-refractivity contribution >= 4 is 5.91 Å². The summed E-state index contributed by atoms with van der Waals surface area (Å²) in [5.41, 5.74) is 0. The van der Waals surface area contributed by atoms with Crippen molar-refractivity contribution in [2.75, 3.05) is 26.7 Å². The summed E-state index contributed by atoms with van der Waals surface area (Å²) in [6.07, 6.45) is 2.34. The highest BCUT2D eigenvalue weighted by Gasteiger charge is 2.25. The van der Waals surface area contributed by atoms with E-state index < -0.39 is 0 Å². The summed E-state index contributed by atoms with van der Waals surface area (Å²) in [7, 11) is 1.91. The largest absolute Gasteiger partial charge is 0.342 e. The number of amides is 1. The van der Waals surface area contributed by atoms with Gasteiger partial charge in [-0.3, -0.25) is 4.79 Å². The first-order valence-electron chi connectivity index (χ1n) is 5.11. The lowest BCUT2D eigenvalue weighted by molar-refractivity contribution is -0.129. The highest BCUT2D eigenvalue weighted by Crippen LogP contribution is 2.14. The van der Waals surface area contributed by atoms with Crippen LogP contribution in [0.4, 0.5) is 0 Å². The second kappa shape index (κ2) is 4.61. The summed E-state index contributed by atoms with van der Waals surface area (Å²) in [5, 5.41) is 0. The van der Waals surface area contributed by atoms with Crippen LogP contribution in [0.3, 0.4) is 0 Å². The molecule has 0 bridgehead atoms. The van der Waals surface area contributed by atoms with Gasteiger partial charge in [0.05, 0.1) is 0 Å². The third-order valence-corrected chi connectivity index (χ3v) is 2.83. The number of hydrogen-bond donors (Lipinski definition) is 0. The van der Waals surface area contributed by atoms with Crippen molar-refractivity contribution in [1.82, 2.24) is 9.80 Å². The Morgan fingerprint density at radius 3 is 2.85 bits per heavy atom. The van der Waals surface area contributed by atoms with Gasteiger partial charge < -0.3 is 9.80 Å². The number of hydrogen-bond acceptors (Lipinski definition) is 2. The first kappa shape index (κ1) is 10.5. The van der Waals surface area contributed by atoms with E-state index in [1.165, 1.54) is 13.0 Å². The molecule has 1 aliphatic rings. The van der Waals surface area contributed by atoms with Crippen LogP contribution in [0.2, 0.25) is 0 Å². The third-order valence-electron chi connectivity index (χ3n) is 2.83.